The third-order valence-electron chi connectivity index (χ3n) is 4.56. The normalized spacial score (nSPS) is 10.8. The van der Waals surface area contributed by atoms with Gasteiger partial charge in [0.15, 0.2) is 18.1 Å². The molecule has 166 valence electrons. The van der Waals surface area contributed by atoms with Gasteiger partial charge in [0.25, 0.3) is 11.8 Å². The number of primary amides is 1. The van der Waals surface area contributed by atoms with Crippen LogP contribution in [0.3, 0.4) is 0 Å². The zero-order valence-electron chi connectivity index (χ0n) is 18.2. The first-order valence-corrected chi connectivity index (χ1v) is 9.88. The molecule has 3 rings (SSSR count). The van der Waals surface area contributed by atoms with Crippen LogP contribution in [0.5, 0.6) is 11.5 Å². The molecule has 2 aromatic carbocycles. The maximum absolute atomic E-state index is 12.5. The SMILES string of the molecule is COc1cc(/C=N\NC(=O)c2cccc(Cn3nc(C)cc3C)c2)ccc1OCC(N)=O. The van der Waals surface area contributed by atoms with Crippen LogP contribution >= 0.6 is 0 Å². The minimum absolute atomic E-state index is 0.251. The first kappa shape index (κ1) is 22.5. The molecule has 0 spiro atoms. The predicted octanol–water partition coefficient (Wildman–Crippen LogP) is 2.18. The molecular formula is C23H25N5O4. The van der Waals surface area contributed by atoms with E-state index in [4.69, 9.17) is 15.2 Å². The summed E-state index contributed by atoms with van der Waals surface area (Å²) in [5.41, 5.74) is 11.8. The van der Waals surface area contributed by atoms with Gasteiger partial charge in [-0.25, -0.2) is 5.43 Å². The number of rotatable bonds is 9. The number of carbonyl (C=O) groups is 2. The van der Waals surface area contributed by atoms with Crippen molar-refractivity contribution in [2.45, 2.75) is 20.4 Å². The Balaban J connectivity index is 1.64. The number of carbonyl (C=O) groups excluding carboxylic acids is 2. The summed E-state index contributed by atoms with van der Waals surface area (Å²) in [5.74, 6) is -0.116. The van der Waals surface area contributed by atoms with Crippen LogP contribution in [-0.4, -0.2) is 41.5 Å². The minimum Gasteiger partial charge on any atom is -0.493 e. The third kappa shape index (κ3) is 5.94. The second-order valence-electron chi connectivity index (χ2n) is 7.15. The van der Waals surface area contributed by atoms with Crippen molar-refractivity contribution in [3.63, 3.8) is 0 Å². The fraction of sp³-hybridized carbons (Fsp3) is 0.217. The number of hydrogen-bond donors (Lipinski definition) is 2. The van der Waals surface area contributed by atoms with Crippen molar-refractivity contribution in [1.82, 2.24) is 15.2 Å². The van der Waals surface area contributed by atoms with Gasteiger partial charge in [0.1, 0.15) is 0 Å². The number of hydrogen-bond acceptors (Lipinski definition) is 6. The van der Waals surface area contributed by atoms with Crippen molar-refractivity contribution < 1.29 is 19.1 Å². The maximum Gasteiger partial charge on any atom is 0.271 e. The molecule has 1 heterocycles. The van der Waals surface area contributed by atoms with Gasteiger partial charge in [-0.1, -0.05) is 12.1 Å². The molecule has 0 fully saturated rings. The highest BCUT2D eigenvalue weighted by atomic mass is 16.5. The standard InChI is InChI=1S/C23H25N5O4/c1-15-9-16(2)28(27-15)13-18-5-4-6-19(10-18)23(30)26-25-12-17-7-8-20(21(11-17)31-3)32-14-22(24)29/h4-12H,13-14H2,1-3H3,(H2,24,29)(H,26,30)/b25-12-. The third-order valence-corrected chi connectivity index (χ3v) is 4.56. The molecule has 32 heavy (non-hydrogen) atoms. The average Bonchev–Trinajstić information content (AvgIpc) is 3.09. The van der Waals surface area contributed by atoms with E-state index in [1.165, 1.54) is 13.3 Å². The van der Waals surface area contributed by atoms with Gasteiger partial charge < -0.3 is 15.2 Å². The summed E-state index contributed by atoms with van der Waals surface area (Å²) in [4.78, 5) is 23.4. The Morgan fingerprint density at radius 2 is 1.97 bits per heavy atom. The lowest BCUT2D eigenvalue weighted by atomic mass is 10.1. The van der Waals surface area contributed by atoms with E-state index < -0.39 is 5.91 Å². The molecule has 0 atom stereocenters. The zero-order chi connectivity index (χ0) is 23.1. The van der Waals surface area contributed by atoms with E-state index in [0.717, 1.165) is 17.0 Å². The number of benzene rings is 2. The number of aryl methyl sites for hydroxylation is 2. The lowest BCUT2D eigenvalue weighted by Crippen LogP contribution is -2.20. The fourth-order valence-electron chi connectivity index (χ4n) is 3.08. The van der Waals surface area contributed by atoms with Gasteiger partial charge >= 0.3 is 0 Å². The van der Waals surface area contributed by atoms with Gasteiger partial charge in [-0.2, -0.15) is 10.2 Å². The second kappa shape index (κ2) is 10.3. The quantitative estimate of drug-likeness (QED) is 0.394. The van der Waals surface area contributed by atoms with Crippen molar-refractivity contribution in [2.24, 2.45) is 10.8 Å². The number of nitrogens with zero attached hydrogens (tertiary/aromatic N) is 3. The van der Waals surface area contributed by atoms with Crippen molar-refractivity contribution in [2.75, 3.05) is 13.7 Å². The van der Waals surface area contributed by atoms with Crippen LogP contribution in [-0.2, 0) is 11.3 Å². The van der Waals surface area contributed by atoms with Crippen LogP contribution in [0.15, 0.2) is 53.6 Å². The van der Waals surface area contributed by atoms with Crippen LogP contribution in [0.25, 0.3) is 0 Å². The summed E-state index contributed by atoms with van der Waals surface area (Å²) in [7, 11) is 1.48. The Bertz CT molecular complexity index is 1150. The molecule has 0 bridgehead atoms. The van der Waals surface area contributed by atoms with Gasteiger partial charge in [0, 0.05) is 11.3 Å². The summed E-state index contributed by atoms with van der Waals surface area (Å²) in [6.07, 6.45) is 1.48. The molecule has 0 radical (unpaired) electrons. The molecule has 0 saturated carbocycles. The molecule has 0 aliphatic carbocycles. The molecule has 2 amide bonds. The van der Waals surface area contributed by atoms with E-state index in [2.05, 4.69) is 15.6 Å². The summed E-state index contributed by atoms with van der Waals surface area (Å²) in [6, 6.07) is 14.3. The Kier molecular flexibility index (Phi) is 7.22. The highest BCUT2D eigenvalue weighted by molar-refractivity contribution is 5.95. The Morgan fingerprint density at radius 1 is 1.16 bits per heavy atom. The number of hydrazone groups is 1. The van der Waals surface area contributed by atoms with Crippen LogP contribution in [0.1, 0.15) is 32.9 Å². The molecule has 0 saturated heterocycles. The Morgan fingerprint density at radius 3 is 2.66 bits per heavy atom. The molecular weight excluding hydrogens is 410 g/mol. The first-order valence-electron chi connectivity index (χ1n) is 9.88. The number of methoxy groups -OCH3 is 1. The van der Waals surface area contributed by atoms with E-state index >= 15 is 0 Å². The molecule has 3 N–H and O–H groups in total. The van der Waals surface area contributed by atoms with Gasteiger partial charge in [0.05, 0.1) is 25.6 Å². The molecule has 3 aromatic rings. The average molecular weight is 435 g/mol. The smallest absolute Gasteiger partial charge is 0.271 e. The van der Waals surface area contributed by atoms with Crippen LogP contribution in [0, 0.1) is 13.8 Å². The monoisotopic (exact) mass is 435 g/mol. The van der Waals surface area contributed by atoms with E-state index in [1.54, 1.807) is 24.3 Å². The topological polar surface area (TPSA) is 121 Å². The second-order valence-corrected chi connectivity index (χ2v) is 7.15. The summed E-state index contributed by atoms with van der Waals surface area (Å²) < 4.78 is 12.4. The van der Waals surface area contributed by atoms with E-state index in [-0.39, 0.29) is 12.5 Å². The Hall–Kier alpha value is -4.14. The van der Waals surface area contributed by atoms with E-state index in [0.29, 0.717) is 29.2 Å². The lowest BCUT2D eigenvalue weighted by Gasteiger charge is -2.09. The summed E-state index contributed by atoms with van der Waals surface area (Å²) in [6.45, 7) is 4.27. The van der Waals surface area contributed by atoms with E-state index in [1.807, 2.05) is 42.8 Å². The molecule has 9 nitrogen and oxygen atoms in total. The Labute approximate surface area is 185 Å². The first-order chi connectivity index (χ1) is 15.4. The maximum atomic E-state index is 12.5. The van der Waals surface area contributed by atoms with Crippen molar-refractivity contribution >= 4 is 18.0 Å². The van der Waals surface area contributed by atoms with Crippen molar-refractivity contribution in [1.29, 1.82) is 0 Å². The highest BCUT2D eigenvalue weighted by Crippen LogP contribution is 2.27. The summed E-state index contributed by atoms with van der Waals surface area (Å²) >= 11 is 0. The lowest BCUT2D eigenvalue weighted by molar-refractivity contribution is -0.119. The molecule has 1 aromatic heterocycles. The summed E-state index contributed by atoms with van der Waals surface area (Å²) in [5, 5.41) is 8.47. The van der Waals surface area contributed by atoms with Gasteiger partial charge in [-0.05, 0) is 61.4 Å². The zero-order valence-corrected chi connectivity index (χ0v) is 18.2. The van der Waals surface area contributed by atoms with Gasteiger partial charge in [0.2, 0.25) is 0 Å². The number of nitrogens with two attached hydrogens (primary N) is 1. The fourth-order valence-corrected chi connectivity index (χ4v) is 3.08. The van der Waals surface area contributed by atoms with Crippen molar-refractivity contribution in [3.05, 3.63) is 76.6 Å². The number of ether oxygens (including phenoxy) is 2. The molecule has 0 aliphatic heterocycles. The van der Waals surface area contributed by atoms with E-state index in [9.17, 15) is 9.59 Å². The van der Waals surface area contributed by atoms with Crippen LogP contribution in [0.4, 0.5) is 0 Å². The number of aromatic nitrogens is 2. The van der Waals surface area contributed by atoms with Crippen LogP contribution < -0.4 is 20.6 Å². The number of amides is 2. The number of nitrogens with one attached hydrogen (secondary N) is 1. The van der Waals surface area contributed by atoms with Crippen molar-refractivity contribution in [3.8, 4) is 11.5 Å². The molecule has 0 unspecified atom stereocenters. The van der Waals surface area contributed by atoms with Gasteiger partial charge in [-0.3, -0.25) is 14.3 Å². The van der Waals surface area contributed by atoms with Gasteiger partial charge in [-0.15, -0.1) is 0 Å². The van der Waals surface area contributed by atoms with Crippen LogP contribution in [0.2, 0.25) is 0 Å². The largest absolute Gasteiger partial charge is 0.493 e. The predicted molar refractivity (Wildman–Crippen MR) is 120 cm³/mol. The molecule has 0 aliphatic rings. The highest BCUT2D eigenvalue weighted by Gasteiger charge is 2.09. The minimum atomic E-state index is -0.584. The molecule has 9 heteroatoms.